The van der Waals surface area contributed by atoms with Crippen LogP contribution in [0.15, 0.2) is 36.1 Å². The predicted octanol–water partition coefficient (Wildman–Crippen LogP) is 2.40. The molecule has 3 saturated carbocycles. The van der Waals surface area contributed by atoms with Crippen molar-refractivity contribution >= 4 is 5.78 Å². The zero-order chi connectivity index (χ0) is 16.9. The largest absolute Gasteiger partial charge is 0.465 e. The zero-order valence-electron chi connectivity index (χ0n) is 13.9. The molecule has 1 aromatic rings. The summed E-state index contributed by atoms with van der Waals surface area (Å²) in [6.45, 7) is 4.41. The molecule has 1 aliphatic heterocycles. The van der Waals surface area contributed by atoms with Gasteiger partial charge >= 0.3 is 0 Å². The van der Waals surface area contributed by atoms with Crippen LogP contribution in [-0.4, -0.2) is 27.7 Å². The van der Waals surface area contributed by atoms with Crippen LogP contribution in [0.4, 0.5) is 0 Å². The van der Waals surface area contributed by atoms with Crippen LogP contribution in [0, 0.1) is 23.2 Å². The number of hydrogen-bond donors (Lipinski definition) is 2. The van der Waals surface area contributed by atoms with Crippen molar-refractivity contribution in [1.82, 2.24) is 0 Å². The van der Waals surface area contributed by atoms with Crippen molar-refractivity contribution in [2.75, 3.05) is 0 Å². The number of aliphatic hydroxyl groups is 2. The fourth-order valence-corrected chi connectivity index (χ4v) is 6.10. The summed E-state index contributed by atoms with van der Waals surface area (Å²) >= 11 is 0. The van der Waals surface area contributed by atoms with Crippen molar-refractivity contribution < 1.29 is 19.7 Å². The number of aliphatic hydroxyl groups excluding tert-OH is 1. The van der Waals surface area contributed by atoms with Gasteiger partial charge in [-0.15, -0.1) is 0 Å². The summed E-state index contributed by atoms with van der Waals surface area (Å²) in [5.41, 5.74) is 0.674. The van der Waals surface area contributed by atoms with Crippen LogP contribution >= 0.6 is 0 Å². The molecule has 3 fully saturated rings. The first-order valence-corrected chi connectivity index (χ1v) is 8.73. The molecule has 24 heavy (non-hydrogen) atoms. The molecular formula is C20H22O4. The molecule has 6 atom stereocenters. The molecule has 2 N–H and O–H groups in total. The van der Waals surface area contributed by atoms with Crippen molar-refractivity contribution in [1.29, 1.82) is 0 Å². The van der Waals surface area contributed by atoms with Crippen LogP contribution in [-0.2, 0) is 4.79 Å². The number of allylic oxidation sites excluding steroid dienone is 1. The first kappa shape index (κ1) is 14.7. The molecule has 126 valence electrons. The number of rotatable bonds is 0. The lowest BCUT2D eigenvalue weighted by Gasteiger charge is -2.53. The van der Waals surface area contributed by atoms with Gasteiger partial charge in [0.05, 0.1) is 18.0 Å². The number of hydrogen-bond acceptors (Lipinski definition) is 4. The minimum absolute atomic E-state index is 0.0463. The third-order valence-electron chi connectivity index (χ3n) is 7.11. The van der Waals surface area contributed by atoms with E-state index in [0.717, 1.165) is 16.9 Å². The molecule has 0 spiro atoms. The number of Topliss-reactive ketones (excluding diaryl/α,β-unsaturated/α-hetero) is 1. The van der Waals surface area contributed by atoms with Crippen LogP contribution in [0.1, 0.15) is 38.2 Å². The Bertz CT molecular complexity index is 780. The Kier molecular flexibility index (Phi) is 2.63. The third-order valence-corrected chi connectivity index (χ3v) is 7.11. The molecule has 0 aromatic heterocycles. The lowest BCUT2D eigenvalue weighted by atomic mass is 9.51. The maximum Gasteiger partial charge on any atom is 0.143 e. The van der Waals surface area contributed by atoms with E-state index in [1.165, 1.54) is 0 Å². The maximum absolute atomic E-state index is 12.8. The number of ketones is 1. The maximum atomic E-state index is 12.8. The highest BCUT2D eigenvalue weighted by molar-refractivity contribution is 5.88. The van der Waals surface area contributed by atoms with E-state index in [2.05, 4.69) is 19.9 Å². The van der Waals surface area contributed by atoms with Gasteiger partial charge in [0.2, 0.25) is 0 Å². The van der Waals surface area contributed by atoms with Gasteiger partial charge in [-0.25, -0.2) is 0 Å². The predicted molar refractivity (Wildman–Crippen MR) is 87.3 cm³/mol. The molecular weight excluding hydrogens is 304 g/mol. The molecule has 4 nitrogen and oxygen atoms in total. The third kappa shape index (κ3) is 1.54. The van der Waals surface area contributed by atoms with Gasteiger partial charge in [0, 0.05) is 29.7 Å². The number of fused-ring (bicyclic) bond motifs is 5. The SMILES string of the molecule is CC1(C)C2C(=COc3ccccc32)C2C(=O)CC3(O)CC1C2C3O. The summed E-state index contributed by atoms with van der Waals surface area (Å²) in [5.74, 6) is 0.552. The van der Waals surface area contributed by atoms with Crippen LogP contribution in [0.3, 0.4) is 0 Å². The monoisotopic (exact) mass is 326 g/mol. The standard InChI is InChI=1S/C20H22O4/c1-19(2)12-7-20(23)8-13(21)15(16(12)18(20)22)11-9-24-14-6-4-3-5-10(14)17(11)19/h3-6,9,12,15-18,22-23H,7-8H2,1-2H3. The summed E-state index contributed by atoms with van der Waals surface area (Å²) in [6, 6.07) is 7.99. The highest BCUT2D eigenvalue weighted by Crippen LogP contribution is 2.67. The van der Waals surface area contributed by atoms with Crippen molar-refractivity contribution in [3.8, 4) is 5.75 Å². The van der Waals surface area contributed by atoms with Crippen molar-refractivity contribution in [2.45, 2.75) is 44.3 Å². The minimum atomic E-state index is -1.26. The van der Waals surface area contributed by atoms with Gasteiger partial charge in [0.1, 0.15) is 11.5 Å². The van der Waals surface area contributed by atoms with Crippen LogP contribution in [0.25, 0.3) is 0 Å². The van der Waals surface area contributed by atoms with Crippen molar-refractivity contribution in [3.63, 3.8) is 0 Å². The molecule has 0 saturated heterocycles. The molecule has 5 rings (SSSR count). The van der Waals surface area contributed by atoms with E-state index in [0.29, 0.717) is 6.42 Å². The van der Waals surface area contributed by atoms with Crippen molar-refractivity contribution in [3.05, 3.63) is 41.7 Å². The summed E-state index contributed by atoms with van der Waals surface area (Å²) in [7, 11) is 0. The molecule has 4 heteroatoms. The Labute approximate surface area is 141 Å². The van der Waals surface area contributed by atoms with E-state index in [-0.39, 0.29) is 41.3 Å². The lowest BCUT2D eigenvalue weighted by Crippen LogP contribution is -2.55. The normalized spacial score (nSPS) is 44.2. The number of benzene rings is 1. The Morgan fingerprint density at radius 2 is 2.00 bits per heavy atom. The van der Waals surface area contributed by atoms with Gasteiger partial charge in [-0.2, -0.15) is 0 Å². The Morgan fingerprint density at radius 1 is 1.25 bits per heavy atom. The van der Waals surface area contributed by atoms with E-state index in [4.69, 9.17) is 4.74 Å². The number of carbonyl (C=O) groups is 1. The summed E-state index contributed by atoms with van der Waals surface area (Å²) in [4.78, 5) is 12.8. The molecule has 1 heterocycles. The molecule has 0 amide bonds. The van der Waals surface area contributed by atoms with Gasteiger partial charge in [0.15, 0.2) is 0 Å². The van der Waals surface area contributed by atoms with Gasteiger partial charge in [0.25, 0.3) is 0 Å². The average molecular weight is 326 g/mol. The minimum Gasteiger partial charge on any atom is -0.465 e. The highest BCUT2D eigenvalue weighted by Gasteiger charge is 2.69. The second-order valence-electron chi connectivity index (χ2n) is 8.59. The van der Waals surface area contributed by atoms with E-state index < -0.39 is 11.7 Å². The summed E-state index contributed by atoms with van der Waals surface area (Å²) in [5, 5.41) is 21.6. The average Bonchev–Trinajstić information content (AvgIpc) is 2.73. The zero-order valence-corrected chi connectivity index (χ0v) is 13.9. The van der Waals surface area contributed by atoms with Gasteiger partial charge in [-0.1, -0.05) is 32.0 Å². The second kappa shape index (κ2) is 4.30. The Balaban J connectivity index is 1.74. The Morgan fingerprint density at radius 3 is 2.79 bits per heavy atom. The fourth-order valence-electron chi connectivity index (χ4n) is 6.10. The summed E-state index contributed by atoms with van der Waals surface area (Å²) in [6.07, 6.45) is 1.46. The van der Waals surface area contributed by atoms with Gasteiger partial charge in [-0.3, -0.25) is 4.79 Å². The molecule has 2 bridgehead atoms. The molecule has 1 aromatic carbocycles. The van der Waals surface area contributed by atoms with E-state index in [9.17, 15) is 15.0 Å². The Hall–Kier alpha value is -1.65. The van der Waals surface area contributed by atoms with E-state index >= 15 is 0 Å². The number of carbonyl (C=O) groups excluding carboxylic acids is 1. The van der Waals surface area contributed by atoms with Crippen molar-refractivity contribution in [2.24, 2.45) is 23.2 Å². The second-order valence-corrected chi connectivity index (χ2v) is 8.59. The quantitative estimate of drug-likeness (QED) is 0.768. The number of para-hydroxylation sites is 1. The fraction of sp³-hybridized carbons (Fsp3) is 0.550. The van der Waals surface area contributed by atoms with Crippen LogP contribution in [0.5, 0.6) is 5.75 Å². The molecule has 0 radical (unpaired) electrons. The molecule has 4 aliphatic rings. The first-order valence-electron chi connectivity index (χ1n) is 8.73. The lowest BCUT2D eigenvalue weighted by molar-refractivity contribution is -0.149. The van der Waals surface area contributed by atoms with Crippen LogP contribution < -0.4 is 4.74 Å². The van der Waals surface area contributed by atoms with Crippen LogP contribution in [0.2, 0.25) is 0 Å². The number of ether oxygens (including phenoxy) is 1. The van der Waals surface area contributed by atoms with Gasteiger partial charge in [-0.05, 0) is 29.4 Å². The molecule has 6 unspecified atom stereocenters. The van der Waals surface area contributed by atoms with E-state index in [1.54, 1.807) is 6.26 Å². The summed E-state index contributed by atoms with van der Waals surface area (Å²) < 4.78 is 5.83. The van der Waals surface area contributed by atoms with E-state index in [1.807, 2.05) is 18.2 Å². The smallest absolute Gasteiger partial charge is 0.143 e. The highest BCUT2D eigenvalue weighted by atomic mass is 16.5. The topological polar surface area (TPSA) is 66.8 Å². The molecule has 3 aliphatic carbocycles. The van der Waals surface area contributed by atoms with Gasteiger partial charge < -0.3 is 14.9 Å². The first-order chi connectivity index (χ1) is 11.3.